The normalized spacial score (nSPS) is 28.6. The summed E-state index contributed by atoms with van der Waals surface area (Å²) >= 11 is 0. The number of hydrogen-bond donors (Lipinski definition) is 0. The minimum Gasteiger partial charge on any atom is -0.490 e. The lowest BCUT2D eigenvalue weighted by Gasteiger charge is -2.44. The van der Waals surface area contributed by atoms with Gasteiger partial charge in [0.25, 0.3) is 0 Å². The first kappa shape index (κ1) is 18.8. The Labute approximate surface area is 144 Å². The van der Waals surface area contributed by atoms with Crippen LogP contribution < -0.4 is 0 Å². The van der Waals surface area contributed by atoms with Crippen LogP contribution in [-0.2, 0) is 9.16 Å². The molecule has 0 bridgehead atoms. The second-order valence-electron chi connectivity index (χ2n) is 7.51. The molecule has 2 rings (SSSR count). The van der Waals surface area contributed by atoms with Gasteiger partial charge in [-0.05, 0) is 55.5 Å². The van der Waals surface area contributed by atoms with Crippen molar-refractivity contribution < 1.29 is 9.16 Å². The molecule has 2 nitrogen and oxygen atoms in total. The van der Waals surface area contributed by atoms with E-state index in [9.17, 15) is 0 Å². The molecule has 1 heterocycles. The third kappa shape index (κ3) is 3.76. The molecule has 0 aromatic rings. The SMILES string of the molecule is C/C=C/[C@@H]1OC2=C(CCC2)[C@H](O[Si](CC)(CC)CC)[C@@H]1C(C)C. The molecule has 0 unspecified atom stereocenters. The van der Waals surface area contributed by atoms with Crippen LogP contribution in [0.15, 0.2) is 23.5 Å². The average Bonchev–Trinajstić information content (AvgIpc) is 3.01. The van der Waals surface area contributed by atoms with Gasteiger partial charge in [0.2, 0.25) is 0 Å². The van der Waals surface area contributed by atoms with Crippen molar-refractivity contribution in [2.75, 3.05) is 0 Å². The lowest BCUT2D eigenvalue weighted by Crippen LogP contribution is -2.49. The molecule has 23 heavy (non-hydrogen) atoms. The third-order valence-corrected chi connectivity index (χ3v) is 10.6. The first-order valence-corrected chi connectivity index (χ1v) is 12.2. The Balaban J connectivity index is 2.39. The second kappa shape index (κ2) is 8.02. The van der Waals surface area contributed by atoms with Crippen LogP contribution in [0.2, 0.25) is 18.1 Å². The molecule has 0 saturated heterocycles. The maximum Gasteiger partial charge on any atom is 0.192 e. The summed E-state index contributed by atoms with van der Waals surface area (Å²) < 4.78 is 13.5. The first-order valence-electron chi connectivity index (χ1n) is 9.71. The minimum absolute atomic E-state index is 0.180. The zero-order valence-electron chi connectivity index (χ0n) is 16.0. The van der Waals surface area contributed by atoms with Crippen LogP contribution in [0.3, 0.4) is 0 Å². The zero-order chi connectivity index (χ0) is 17.0. The summed E-state index contributed by atoms with van der Waals surface area (Å²) in [4.78, 5) is 0. The van der Waals surface area contributed by atoms with Crippen molar-refractivity contribution in [2.45, 2.75) is 91.1 Å². The molecule has 2 aliphatic rings. The van der Waals surface area contributed by atoms with Gasteiger partial charge in [-0.2, -0.15) is 0 Å². The summed E-state index contributed by atoms with van der Waals surface area (Å²) in [6.07, 6.45) is 8.36. The molecule has 1 aliphatic carbocycles. The number of ether oxygens (including phenoxy) is 1. The summed E-state index contributed by atoms with van der Waals surface area (Å²) in [6, 6.07) is 3.66. The fraction of sp³-hybridized carbons (Fsp3) is 0.800. The van der Waals surface area contributed by atoms with E-state index in [0.717, 1.165) is 6.42 Å². The van der Waals surface area contributed by atoms with Gasteiger partial charge in [0, 0.05) is 12.3 Å². The standard InChI is InChI=1S/C20H36O2Si/c1-7-12-18-19(15(5)6)20(16-13-11-14-17(16)21-18)22-23(8-2,9-3)10-4/h7,12,15,18-20H,8-11,13-14H2,1-6H3/b12-7+/t18-,19+,20-/m0/s1. The van der Waals surface area contributed by atoms with Gasteiger partial charge in [-0.15, -0.1) is 0 Å². The summed E-state index contributed by atoms with van der Waals surface area (Å²) in [6.45, 7) is 13.7. The molecule has 0 aromatic heterocycles. The molecule has 0 N–H and O–H groups in total. The van der Waals surface area contributed by atoms with Crippen LogP contribution in [-0.4, -0.2) is 20.5 Å². The quantitative estimate of drug-likeness (QED) is 0.415. The van der Waals surface area contributed by atoms with E-state index in [2.05, 4.69) is 53.7 Å². The maximum absolute atomic E-state index is 7.06. The van der Waals surface area contributed by atoms with Gasteiger partial charge in [0.1, 0.15) is 6.10 Å². The van der Waals surface area contributed by atoms with Gasteiger partial charge in [-0.1, -0.05) is 40.7 Å². The van der Waals surface area contributed by atoms with Gasteiger partial charge in [0.15, 0.2) is 8.32 Å². The number of allylic oxidation sites excluding steroid dienone is 2. The summed E-state index contributed by atoms with van der Waals surface area (Å²) in [5, 5.41) is 0. The Bertz CT molecular complexity index is 440. The summed E-state index contributed by atoms with van der Waals surface area (Å²) in [7, 11) is -1.62. The number of hydrogen-bond acceptors (Lipinski definition) is 2. The van der Waals surface area contributed by atoms with Gasteiger partial charge < -0.3 is 9.16 Å². The smallest absolute Gasteiger partial charge is 0.192 e. The van der Waals surface area contributed by atoms with Gasteiger partial charge in [-0.3, -0.25) is 0 Å². The van der Waals surface area contributed by atoms with E-state index in [0.29, 0.717) is 11.8 Å². The molecule has 3 atom stereocenters. The lowest BCUT2D eigenvalue weighted by atomic mass is 9.80. The van der Waals surface area contributed by atoms with E-state index in [1.807, 2.05) is 0 Å². The van der Waals surface area contributed by atoms with E-state index in [4.69, 9.17) is 9.16 Å². The molecule has 0 radical (unpaired) electrons. The van der Waals surface area contributed by atoms with Gasteiger partial charge >= 0.3 is 0 Å². The van der Waals surface area contributed by atoms with E-state index >= 15 is 0 Å². The van der Waals surface area contributed by atoms with Crippen molar-refractivity contribution in [3.8, 4) is 0 Å². The molecule has 1 aliphatic heterocycles. The molecule has 132 valence electrons. The summed E-state index contributed by atoms with van der Waals surface area (Å²) in [5.74, 6) is 2.26. The predicted molar refractivity (Wildman–Crippen MR) is 101 cm³/mol. The highest BCUT2D eigenvalue weighted by Crippen LogP contribution is 2.45. The van der Waals surface area contributed by atoms with Crippen molar-refractivity contribution in [1.29, 1.82) is 0 Å². The van der Waals surface area contributed by atoms with Crippen molar-refractivity contribution in [3.05, 3.63) is 23.5 Å². The van der Waals surface area contributed by atoms with Crippen LogP contribution in [0.1, 0.15) is 60.8 Å². The first-order chi connectivity index (χ1) is 11.0. The maximum atomic E-state index is 7.06. The monoisotopic (exact) mass is 336 g/mol. The van der Waals surface area contributed by atoms with Crippen LogP contribution in [0.5, 0.6) is 0 Å². The Morgan fingerprint density at radius 3 is 2.35 bits per heavy atom. The average molecular weight is 337 g/mol. The molecular weight excluding hydrogens is 300 g/mol. The largest absolute Gasteiger partial charge is 0.490 e. The van der Waals surface area contributed by atoms with Gasteiger partial charge in [0.05, 0.1) is 11.9 Å². The topological polar surface area (TPSA) is 18.5 Å². The zero-order valence-corrected chi connectivity index (χ0v) is 17.0. The Morgan fingerprint density at radius 1 is 1.17 bits per heavy atom. The molecule has 0 saturated carbocycles. The fourth-order valence-corrected chi connectivity index (χ4v) is 7.17. The highest BCUT2D eigenvalue weighted by atomic mass is 28.4. The molecule has 0 spiro atoms. The predicted octanol–water partition coefficient (Wildman–Crippen LogP) is 6.06. The van der Waals surface area contributed by atoms with E-state index in [-0.39, 0.29) is 12.2 Å². The number of rotatable bonds is 7. The Morgan fingerprint density at radius 2 is 1.83 bits per heavy atom. The van der Waals surface area contributed by atoms with Crippen LogP contribution in [0.4, 0.5) is 0 Å². The van der Waals surface area contributed by atoms with E-state index < -0.39 is 8.32 Å². The summed E-state index contributed by atoms with van der Waals surface area (Å²) in [5.41, 5.74) is 1.50. The minimum atomic E-state index is -1.62. The van der Waals surface area contributed by atoms with Crippen molar-refractivity contribution in [3.63, 3.8) is 0 Å². The highest BCUT2D eigenvalue weighted by molar-refractivity contribution is 6.73. The van der Waals surface area contributed by atoms with Gasteiger partial charge in [-0.25, -0.2) is 0 Å². The fourth-order valence-electron chi connectivity index (χ4n) is 4.33. The lowest BCUT2D eigenvalue weighted by molar-refractivity contribution is -0.0106. The Hall–Kier alpha value is -0.543. The molecule has 0 fully saturated rings. The van der Waals surface area contributed by atoms with E-state index in [1.165, 1.54) is 42.3 Å². The van der Waals surface area contributed by atoms with Crippen LogP contribution in [0.25, 0.3) is 0 Å². The van der Waals surface area contributed by atoms with Crippen molar-refractivity contribution >= 4 is 8.32 Å². The van der Waals surface area contributed by atoms with Crippen molar-refractivity contribution in [2.24, 2.45) is 11.8 Å². The molecule has 3 heteroatoms. The van der Waals surface area contributed by atoms with Crippen LogP contribution in [0, 0.1) is 11.8 Å². The molecular formula is C20H36O2Si. The Kier molecular flexibility index (Phi) is 6.55. The van der Waals surface area contributed by atoms with Crippen molar-refractivity contribution in [1.82, 2.24) is 0 Å². The second-order valence-corrected chi connectivity index (χ2v) is 12.2. The molecule has 0 amide bonds. The van der Waals surface area contributed by atoms with E-state index in [1.54, 1.807) is 0 Å². The molecule has 0 aromatic carbocycles. The third-order valence-electron chi connectivity index (χ3n) is 6.02. The van der Waals surface area contributed by atoms with Crippen LogP contribution >= 0.6 is 0 Å². The highest BCUT2D eigenvalue weighted by Gasteiger charge is 2.45.